The summed E-state index contributed by atoms with van der Waals surface area (Å²) in [5.41, 5.74) is 2.71. The summed E-state index contributed by atoms with van der Waals surface area (Å²) in [6, 6.07) is 2.01. The Labute approximate surface area is 124 Å². The first-order valence-electron chi connectivity index (χ1n) is 6.28. The van der Waals surface area contributed by atoms with Crippen LogP contribution < -0.4 is 11.3 Å². The molecule has 4 nitrogen and oxygen atoms in total. The second-order valence-corrected chi connectivity index (χ2v) is 7.81. The van der Waals surface area contributed by atoms with Crippen molar-refractivity contribution in [1.82, 2.24) is 9.97 Å². The fourth-order valence-electron chi connectivity index (χ4n) is 2.25. The van der Waals surface area contributed by atoms with Crippen LogP contribution in [0.1, 0.15) is 24.4 Å². The fourth-order valence-corrected chi connectivity index (χ4v) is 6.01. The maximum Gasteiger partial charge on any atom is 0.152 e. The zero-order valence-corrected chi connectivity index (χ0v) is 13.1. The van der Waals surface area contributed by atoms with Gasteiger partial charge in [-0.15, -0.1) is 23.1 Å². The van der Waals surface area contributed by atoms with E-state index in [0.717, 1.165) is 28.3 Å². The molecule has 0 aromatic carbocycles. The molecule has 1 fully saturated rings. The SMILES string of the molecule is CCC1SCCSC1c1nc(NN)c2ccsc2n1. The molecule has 2 atom stereocenters. The molecule has 3 rings (SSSR count). The molecule has 2 unspecified atom stereocenters. The van der Waals surface area contributed by atoms with E-state index in [-0.39, 0.29) is 0 Å². The fraction of sp³-hybridized carbons (Fsp3) is 0.500. The summed E-state index contributed by atoms with van der Waals surface area (Å²) >= 11 is 5.65. The van der Waals surface area contributed by atoms with Crippen molar-refractivity contribution in [1.29, 1.82) is 0 Å². The molecule has 2 aromatic rings. The second-order valence-electron chi connectivity index (χ2n) is 4.32. The van der Waals surface area contributed by atoms with Crippen molar-refractivity contribution in [2.45, 2.75) is 23.8 Å². The molecule has 1 saturated heterocycles. The van der Waals surface area contributed by atoms with Gasteiger partial charge in [0.1, 0.15) is 10.7 Å². The van der Waals surface area contributed by atoms with Crippen molar-refractivity contribution in [2.24, 2.45) is 5.84 Å². The molecular weight excluding hydrogens is 296 g/mol. The maximum absolute atomic E-state index is 5.59. The van der Waals surface area contributed by atoms with Crippen LogP contribution >= 0.6 is 34.9 Å². The Morgan fingerprint density at radius 2 is 2.21 bits per heavy atom. The molecule has 3 heterocycles. The molecule has 0 saturated carbocycles. The molecule has 0 amide bonds. The number of thiophene rings is 1. The summed E-state index contributed by atoms with van der Waals surface area (Å²) in [6.45, 7) is 2.24. The Balaban J connectivity index is 2.03. The van der Waals surface area contributed by atoms with E-state index in [1.807, 2.05) is 35.0 Å². The Bertz CT molecular complexity index is 571. The Kier molecular flexibility index (Phi) is 4.16. The van der Waals surface area contributed by atoms with E-state index in [0.29, 0.717) is 10.5 Å². The second kappa shape index (κ2) is 5.87. The zero-order chi connectivity index (χ0) is 13.2. The summed E-state index contributed by atoms with van der Waals surface area (Å²) in [5.74, 6) is 9.65. The van der Waals surface area contributed by atoms with Gasteiger partial charge in [-0.25, -0.2) is 15.8 Å². The molecule has 1 aliphatic rings. The minimum absolute atomic E-state index is 0.377. The van der Waals surface area contributed by atoms with Gasteiger partial charge in [-0.1, -0.05) is 6.92 Å². The van der Waals surface area contributed by atoms with E-state index in [9.17, 15) is 0 Å². The van der Waals surface area contributed by atoms with Crippen LogP contribution in [0.15, 0.2) is 11.4 Å². The van der Waals surface area contributed by atoms with Gasteiger partial charge in [0.2, 0.25) is 0 Å². The summed E-state index contributed by atoms with van der Waals surface area (Å²) in [5, 5.41) is 4.02. The zero-order valence-electron chi connectivity index (χ0n) is 10.6. The number of thioether (sulfide) groups is 2. The summed E-state index contributed by atoms with van der Waals surface area (Å²) in [4.78, 5) is 10.4. The monoisotopic (exact) mass is 312 g/mol. The first kappa shape index (κ1) is 13.5. The molecular formula is C12H16N4S3. The van der Waals surface area contributed by atoms with Gasteiger partial charge in [0, 0.05) is 16.8 Å². The summed E-state index contributed by atoms with van der Waals surface area (Å²) in [7, 11) is 0. The van der Waals surface area contributed by atoms with Gasteiger partial charge in [-0.05, 0) is 17.9 Å². The third-order valence-corrected chi connectivity index (χ3v) is 7.24. The smallest absolute Gasteiger partial charge is 0.152 e. The van der Waals surface area contributed by atoms with E-state index in [1.54, 1.807) is 11.3 Å². The molecule has 2 aromatic heterocycles. The van der Waals surface area contributed by atoms with Gasteiger partial charge < -0.3 is 5.43 Å². The van der Waals surface area contributed by atoms with Crippen molar-refractivity contribution in [2.75, 3.05) is 16.9 Å². The molecule has 19 heavy (non-hydrogen) atoms. The van der Waals surface area contributed by atoms with Gasteiger partial charge in [-0.3, -0.25) is 0 Å². The highest BCUT2D eigenvalue weighted by Crippen LogP contribution is 2.43. The molecule has 102 valence electrons. The largest absolute Gasteiger partial charge is 0.308 e. The van der Waals surface area contributed by atoms with Crippen LogP contribution in [0.25, 0.3) is 10.2 Å². The third kappa shape index (κ3) is 2.56. The lowest BCUT2D eigenvalue weighted by molar-refractivity contribution is 0.755. The molecule has 3 N–H and O–H groups in total. The Hall–Kier alpha value is -0.500. The number of rotatable bonds is 3. The van der Waals surface area contributed by atoms with Crippen molar-refractivity contribution in [3.8, 4) is 0 Å². The topological polar surface area (TPSA) is 63.8 Å². The first-order valence-corrected chi connectivity index (χ1v) is 9.26. The molecule has 0 aliphatic carbocycles. The van der Waals surface area contributed by atoms with Crippen LogP contribution in [0.2, 0.25) is 0 Å². The Morgan fingerprint density at radius 1 is 1.37 bits per heavy atom. The van der Waals surface area contributed by atoms with Crippen molar-refractivity contribution in [3.63, 3.8) is 0 Å². The predicted octanol–water partition coefficient (Wildman–Crippen LogP) is 3.28. The van der Waals surface area contributed by atoms with Gasteiger partial charge >= 0.3 is 0 Å². The highest BCUT2D eigenvalue weighted by molar-refractivity contribution is 8.06. The number of nitrogens with one attached hydrogen (secondary N) is 1. The number of aromatic nitrogens is 2. The number of hydrogen-bond acceptors (Lipinski definition) is 7. The van der Waals surface area contributed by atoms with Crippen LogP contribution in [-0.4, -0.2) is 26.7 Å². The highest BCUT2D eigenvalue weighted by atomic mass is 32.2. The minimum atomic E-state index is 0.377. The van der Waals surface area contributed by atoms with Gasteiger partial charge in [0.25, 0.3) is 0 Å². The number of nitrogens with zero attached hydrogens (tertiary/aromatic N) is 2. The van der Waals surface area contributed by atoms with Crippen molar-refractivity contribution < 1.29 is 0 Å². The normalized spacial score (nSPS) is 23.7. The van der Waals surface area contributed by atoms with Crippen LogP contribution in [0.5, 0.6) is 0 Å². The summed E-state index contributed by atoms with van der Waals surface area (Å²) < 4.78 is 0. The first-order chi connectivity index (χ1) is 9.33. The molecule has 0 radical (unpaired) electrons. The van der Waals surface area contributed by atoms with E-state index in [2.05, 4.69) is 17.3 Å². The third-order valence-electron chi connectivity index (χ3n) is 3.19. The van der Waals surface area contributed by atoms with Gasteiger partial charge in [0.05, 0.1) is 10.6 Å². The molecule has 7 heteroatoms. The number of anilines is 1. The molecule has 1 aliphatic heterocycles. The number of hydrazine groups is 1. The minimum Gasteiger partial charge on any atom is -0.308 e. The number of nitrogens with two attached hydrogens (primary N) is 1. The standard InChI is InChI=1S/C12H16N4S3/c1-2-8-9(18-6-5-17-8)11-14-10(16-13)7-3-4-19-12(7)15-11/h3-4,8-9H,2,5-6,13H2,1H3,(H,14,15,16). The summed E-state index contributed by atoms with van der Waals surface area (Å²) in [6.07, 6.45) is 1.15. The quantitative estimate of drug-likeness (QED) is 0.670. The molecule has 0 bridgehead atoms. The van der Waals surface area contributed by atoms with E-state index in [1.165, 1.54) is 11.5 Å². The number of nitrogen functional groups attached to an aromatic ring is 1. The van der Waals surface area contributed by atoms with Gasteiger partial charge in [0.15, 0.2) is 5.82 Å². The van der Waals surface area contributed by atoms with E-state index >= 15 is 0 Å². The lowest BCUT2D eigenvalue weighted by Gasteiger charge is -2.28. The Morgan fingerprint density at radius 3 is 3.00 bits per heavy atom. The van der Waals surface area contributed by atoms with E-state index < -0.39 is 0 Å². The highest BCUT2D eigenvalue weighted by Gasteiger charge is 2.29. The average Bonchev–Trinajstić information content (AvgIpc) is 2.94. The van der Waals surface area contributed by atoms with E-state index in [4.69, 9.17) is 10.8 Å². The lowest BCUT2D eigenvalue weighted by Crippen LogP contribution is -2.21. The number of hydrogen-bond donors (Lipinski definition) is 2. The predicted molar refractivity (Wildman–Crippen MR) is 87.0 cm³/mol. The van der Waals surface area contributed by atoms with Crippen molar-refractivity contribution in [3.05, 3.63) is 17.3 Å². The maximum atomic E-state index is 5.59. The molecule has 0 spiro atoms. The van der Waals surface area contributed by atoms with Gasteiger partial charge in [-0.2, -0.15) is 11.8 Å². The average molecular weight is 312 g/mol. The van der Waals surface area contributed by atoms with Crippen LogP contribution in [-0.2, 0) is 0 Å². The lowest BCUT2D eigenvalue weighted by atomic mass is 10.2. The van der Waals surface area contributed by atoms with Crippen LogP contribution in [0.4, 0.5) is 5.82 Å². The van der Waals surface area contributed by atoms with Crippen molar-refractivity contribution >= 4 is 50.9 Å². The van der Waals surface area contributed by atoms with Crippen LogP contribution in [0, 0.1) is 0 Å². The van der Waals surface area contributed by atoms with Crippen LogP contribution in [0.3, 0.4) is 0 Å². The number of fused-ring (bicyclic) bond motifs is 1.